The monoisotopic (exact) mass is 175 g/mol. The predicted octanol–water partition coefficient (Wildman–Crippen LogP) is 2.21. The quantitative estimate of drug-likeness (QED) is 0.645. The van der Waals surface area contributed by atoms with Gasteiger partial charge in [0.05, 0.1) is 0 Å². The lowest BCUT2D eigenvalue weighted by Crippen LogP contribution is -2.15. The van der Waals surface area contributed by atoms with Crippen molar-refractivity contribution in [1.29, 1.82) is 0 Å². The maximum atomic E-state index is 3.45. The van der Waals surface area contributed by atoms with Crippen molar-refractivity contribution in [2.75, 3.05) is 13.1 Å². The predicted molar refractivity (Wildman–Crippen MR) is 50.2 cm³/mol. The first kappa shape index (κ1) is 9.34. The molecule has 1 heterocycles. The van der Waals surface area contributed by atoms with E-state index in [-0.39, 0.29) is 12.4 Å². The van der Waals surface area contributed by atoms with Crippen LogP contribution in [0.25, 0.3) is 0 Å². The van der Waals surface area contributed by atoms with Gasteiger partial charge in [0.2, 0.25) is 0 Å². The van der Waals surface area contributed by atoms with Gasteiger partial charge in [-0.1, -0.05) is 25.7 Å². The topological polar surface area (TPSA) is 12.0 Å². The largest absolute Gasteiger partial charge is 0.316 e. The van der Waals surface area contributed by atoms with Crippen LogP contribution in [-0.2, 0) is 0 Å². The number of hydrogen-bond acceptors (Lipinski definition) is 1. The Balaban J connectivity index is 0.000000605. The first-order valence-corrected chi connectivity index (χ1v) is 4.67. The van der Waals surface area contributed by atoms with Crippen molar-refractivity contribution in [2.24, 2.45) is 11.8 Å². The third-order valence-corrected chi connectivity index (χ3v) is 3.16. The second-order valence-corrected chi connectivity index (χ2v) is 3.80. The van der Waals surface area contributed by atoms with Crippen LogP contribution in [0.2, 0.25) is 0 Å². The van der Waals surface area contributed by atoms with E-state index in [4.69, 9.17) is 0 Å². The summed E-state index contributed by atoms with van der Waals surface area (Å²) in [6, 6.07) is 0. The fraction of sp³-hybridized carbons (Fsp3) is 1.00. The maximum Gasteiger partial charge on any atom is -0.00174 e. The molecule has 0 radical (unpaired) electrons. The Morgan fingerprint density at radius 2 is 1.64 bits per heavy atom. The van der Waals surface area contributed by atoms with Crippen LogP contribution in [-0.4, -0.2) is 13.1 Å². The Morgan fingerprint density at radius 3 is 2.18 bits per heavy atom. The summed E-state index contributed by atoms with van der Waals surface area (Å²) in [5, 5.41) is 3.45. The fourth-order valence-electron chi connectivity index (χ4n) is 2.51. The Morgan fingerprint density at radius 1 is 0.909 bits per heavy atom. The van der Waals surface area contributed by atoms with Crippen molar-refractivity contribution in [2.45, 2.75) is 32.1 Å². The molecule has 0 bridgehead atoms. The molecule has 2 aliphatic rings. The standard InChI is InChI=1S/C9H17N.ClH/c1-2-4-8(3-1)9-5-6-10-7-9;/h8-10H,1-7H2;1H. The number of nitrogens with one attached hydrogen (secondary N) is 1. The van der Waals surface area contributed by atoms with E-state index in [1.807, 2.05) is 0 Å². The SMILES string of the molecule is C1CCC(C2CCNC2)C1.Cl. The molecule has 0 aromatic rings. The molecule has 1 atom stereocenters. The molecule has 1 saturated carbocycles. The highest BCUT2D eigenvalue weighted by Crippen LogP contribution is 2.33. The van der Waals surface area contributed by atoms with E-state index in [0.717, 1.165) is 11.8 Å². The van der Waals surface area contributed by atoms with E-state index in [9.17, 15) is 0 Å². The minimum Gasteiger partial charge on any atom is -0.316 e. The number of rotatable bonds is 1. The normalized spacial score (nSPS) is 32.2. The highest BCUT2D eigenvalue weighted by Gasteiger charge is 2.26. The molecular formula is C9H18ClN. The molecule has 66 valence electrons. The van der Waals surface area contributed by atoms with Gasteiger partial charge in [-0.3, -0.25) is 0 Å². The first-order valence-electron chi connectivity index (χ1n) is 4.67. The van der Waals surface area contributed by atoms with E-state index in [2.05, 4.69) is 5.32 Å². The Labute approximate surface area is 75.4 Å². The molecule has 0 amide bonds. The van der Waals surface area contributed by atoms with E-state index in [1.165, 1.54) is 45.2 Å². The first-order chi connectivity index (χ1) is 4.97. The lowest BCUT2D eigenvalue weighted by atomic mass is 9.90. The zero-order chi connectivity index (χ0) is 6.81. The van der Waals surface area contributed by atoms with Gasteiger partial charge in [-0.05, 0) is 31.3 Å². The van der Waals surface area contributed by atoms with Crippen LogP contribution in [0.5, 0.6) is 0 Å². The van der Waals surface area contributed by atoms with E-state index in [0.29, 0.717) is 0 Å². The van der Waals surface area contributed by atoms with Crippen LogP contribution in [0, 0.1) is 11.8 Å². The molecule has 1 aliphatic carbocycles. The summed E-state index contributed by atoms with van der Waals surface area (Å²) in [4.78, 5) is 0. The average Bonchev–Trinajstić information content (AvgIpc) is 2.59. The zero-order valence-electron chi connectivity index (χ0n) is 7.01. The van der Waals surface area contributed by atoms with Crippen molar-refractivity contribution >= 4 is 12.4 Å². The van der Waals surface area contributed by atoms with Crippen LogP contribution in [0.3, 0.4) is 0 Å². The second-order valence-electron chi connectivity index (χ2n) is 3.80. The molecule has 2 heteroatoms. The molecule has 1 unspecified atom stereocenters. The third kappa shape index (κ3) is 2.09. The van der Waals surface area contributed by atoms with Gasteiger partial charge in [0, 0.05) is 0 Å². The molecule has 0 aromatic carbocycles. The van der Waals surface area contributed by atoms with Crippen LogP contribution >= 0.6 is 12.4 Å². The minimum atomic E-state index is 0. The van der Waals surface area contributed by atoms with Gasteiger partial charge in [-0.2, -0.15) is 0 Å². The molecular weight excluding hydrogens is 158 g/mol. The smallest absolute Gasteiger partial charge is 0.00174 e. The molecule has 2 rings (SSSR count). The Bertz CT molecular complexity index is 90.1. The average molecular weight is 176 g/mol. The van der Waals surface area contributed by atoms with E-state index >= 15 is 0 Å². The summed E-state index contributed by atoms with van der Waals surface area (Å²) in [6.07, 6.45) is 7.49. The highest BCUT2D eigenvalue weighted by atomic mass is 35.5. The van der Waals surface area contributed by atoms with Gasteiger partial charge in [0.1, 0.15) is 0 Å². The Kier molecular flexibility index (Phi) is 3.67. The lowest BCUT2D eigenvalue weighted by Gasteiger charge is -2.15. The van der Waals surface area contributed by atoms with E-state index in [1.54, 1.807) is 0 Å². The van der Waals surface area contributed by atoms with Crippen molar-refractivity contribution in [3.63, 3.8) is 0 Å². The lowest BCUT2D eigenvalue weighted by molar-refractivity contribution is 0.366. The molecule has 1 aliphatic heterocycles. The molecule has 0 spiro atoms. The summed E-state index contributed by atoms with van der Waals surface area (Å²) < 4.78 is 0. The van der Waals surface area contributed by atoms with Gasteiger partial charge < -0.3 is 5.32 Å². The fourth-order valence-corrected chi connectivity index (χ4v) is 2.51. The van der Waals surface area contributed by atoms with Crippen LogP contribution in [0.4, 0.5) is 0 Å². The van der Waals surface area contributed by atoms with Crippen LogP contribution in [0.1, 0.15) is 32.1 Å². The number of halogens is 1. The summed E-state index contributed by atoms with van der Waals surface area (Å²) in [7, 11) is 0. The summed E-state index contributed by atoms with van der Waals surface area (Å²) in [5.41, 5.74) is 0. The van der Waals surface area contributed by atoms with Crippen molar-refractivity contribution in [1.82, 2.24) is 5.32 Å². The van der Waals surface area contributed by atoms with Gasteiger partial charge in [0.15, 0.2) is 0 Å². The number of hydrogen-bond donors (Lipinski definition) is 1. The van der Waals surface area contributed by atoms with Gasteiger partial charge in [-0.25, -0.2) is 0 Å². The summed E-state index contributed by atoms with van der Waals surface area (Å²) in [6.45, 7) is 2.59. The van der Waals surface area contributed by atoms with Crippen molar-refractivity contribution in [3.05, 3.63) is 0 Å². The third-order valence-electron chi connectivity index (χ3n) is 3.16. The van der Waals surface area contributed by atoms with Gasteiger partial charge in [-0.15, -0.1) is 12.4 Å². The van der Waals surface area contributed by atoms with E-state index < -0.39 is 0 Å². The molecule has 2 fully saturated rings. The Hall–Kier alpha value is 0.250. The van der Waals surface area contributed by atoms with Crippen molar-refractivity contribution < 1.29 is 0 Å². The van der Waals surface area contributed by atoms with Gasteiger partial charge in [0.25, 0.3) is 0 Å². The second kappa shape index (κ2) is 4.32. The molecule has 0 aromatic heterocycles. The maximum absolute atomic E-state index is 3.45. The molecule has 1 saturated heterocycles. The summed E-state index contributed by atoms with van der Waals surface area (Å²) in [5.74, 6) is 2.14. The van der Waals surface area contributed by atoms with Gasteiger partial charge >= 0.3 is 0 Å². The zero-order valence-corrected chi connectivity index (χ0v) is 7.83. The molecule has 1 nitrogen and oxygen atoms in total. The molecule has 1 N–H and O–H groups in total. The van der Waals surface area contributed by atoms with Crippen molar-refractivity contribution in [3.8, 4) is 0 Å². The summed E-state index contributed by atoms with van der Waals surface area (Å²) >= 11 is 0. The van der Waals surface area contributed by atoms with Crippen LogP contribution in [0.15, 0.2) is 0 Å². The minimum absolute atomic E-state index is 0. The van der Waals surface area contributed by atoms with Crippen LogP contribution < -0.4 is 5.32 Å². The molecule has 11 heavy (non-hydrogen) atoms. The highest BCUT2D eigenvalue weighted by molar-refractivity contribution is 5.85.